The number of carbonyl (C=O) groups is 3. The number of amides is 3. The Balaban J connectivity index is 2.58. The van der Waals surface area contributed by atoms with Crippen LogP contribution in [0.4, 0.5) is 4.79 Å². The number of methoxy groups -OCH3 is 1. The van der Waals surface area contributed by atoms with Crippen LogP contribution in [-0.2, 0) is 16.1 Å². The van der Waals surface area contributed by atoms with E-state index in [0.29, 0.717) is 18.7 Å². The summed E-state index contributed by atoms with van der Waals surface area (Å²) in [5, 5.41) is 4.98. The van der Waals surface area contributed by atoms with Crippen LogP contribution in [-0.4, -0.2) is 49.6 Å². The van der Waals surface area contributed by atoms with Crippen molar-refractivity contribution in [3.05, 3.63) is 35.4 Å². The van der Waals surface area contributed by atoms with Gasteiger partial charge in [0.25, 0.3) is 0 Å². The van der Waals surface area contributed by atoms with Gasteiger partial charge in [-0.1, -0.05) is 25.5 Å². The third kappa shape index (κ3) is 6.93. The predicted octanol–water partition coefficient (Wildman–Crippen LogP) is 1.92. The van der Waals surface area contributed by atoms with Crippen LogP contribution in [0.3, 0.4) is 0 Å². The van der Waals surface area contributed by atoms with E-state index in [1.807, 2.05) is 13.0 Å². The smallest absolute Gasteiger partial charge is 0.337 e. The van der Waals surface area contributed by atoms with E-state index in [1.165, 1.54) is 7.11 Å². The van der Waals surface area contributed by atoms with Crippen LogP contribution in [0.15, 0.2) is 24.3 Å². The molecular weight excluding hydrogens is 322 g/mol. The molecule has 0 heterocycles. The molecule has 25 heavy (non-hydrogen) atoms. The number of urea groups is 1. The van der Waals surface area contributed by atoms with E-state index in [4.69, 9.17) is 4.74 Å². The van der Waals surface area contributed by atoms with Crippen LogP contribution in [0.1, 0.15) is 42.6 Å². The fraction of sp³-hybridized carbons (Fsp3) is 0.500. The number of imide groups is 1. The van der Waals surface area contributed by atoms with Crippen molar-refractivity contribution in [1.82, 2.24) is 15.5 Å². The third-order valence-electron chi connectivity index (χ3n) is 3.87. The molecule has 7 nitrogen and oxygen atoms in total. The molecule has 2 N–H and O–H groups in total. The topological polar surface area (TPSA) is 87.7 Å². The summed E-state index contributed by atoms with van der Waals surface area (Å²) in [6.45, 7) is 4.74. The molecule has 1 aromatic rings. The Morgan fingerprint density at radius 2 is 2.00 bits per heavy atom. The van der Waals surface area contributed by atoms with Crippen molar-refractivity contribution in [3.8, 4) is 0 Å². The molecule has 0 fully saturated rings. The summed E-state index contributed by atoms with van der Waals surface area (Å²) in [6, 6.07) is 6.05. The van der Waals surface area contributed by atoms with E-state index in [1.54, 1.807) is 37.1 Å². The Labute approximate surface area is 148 Å². The van der Waals surface area contributed by atoms with Gasteiger partial charge in [-0.3, -0.25) is 15.0 Å². The first-order valence-electron chi connectivity index (χ1n) is 8.35. The molecule has 0 saturated carbocycles. The zero-order valence-corrected chi connectivity index (χ0v) is 15.3. The Kier molecular flexibility index (Phi) is 8.63. The number of esters is 1. The van der Waals surface area contributed by atoms with Crippen LogP contribution in [0, 0.1) is 0 Å². The minimum atomic E-state index is -0.501. The number of hydrogen-bond acceptors (Lipinski definition) is 5. The normalized spacial score (nSPS) is 11.7. The van der Waals surface area contributed by atoms with E-state index >= 15 is 0 Å². The summed E-state index contributed by atoms with van der Waals surface area (Å²) in [4.78, 5) is 37.2. The minimum Gasteiger partial charge on any atom is -0.465 e. The first kappa shape index (κ1) is 20.6. The molecule has 3 amide bonds. The van der Waals surface area contributed by atoms with Gasteiger partial charge in [-0.2, -0.15) is 0 Å². The monoisotopic (exact) mass is 349 g/mol. The van der Waals surface area contributed by atoms with E-state index in [2.05, 4.69) is 10.6 Å². The number of rotatable bonds is 8. The van der Waals surface area contributed by atoms with Gasteiger partial charge in [-0.25, -0.2) is 9.59 Å². The molecule has 1 atom stereocenters. The van der Waals surface area contributed by atoms with E-state index in [-0.39, 0.29) is 5.91 Å². The molecule has 0 spiro atoms. The SMILES string of the molecule is CCCCNC(=O)NC(=O)C(C)N(C)Cc1cccc(C(=O)OC)c1. The highest BCUT2D eigenvalue weighted by atomic mass is 16.5. The van der Waals surface area contributed by atoms with Gasteiger partial charge in [-0.05, 0) is 38.1 Å². The lowest BCUT2D eigenvalue weighted by atomic mass is 10.1. The highest BCUT2D eigenvalue weighted by molar-refractivity contribution is 5.96. The van der Waals surface area contributed by atoms with Crippen molar-refractivity contribution in [2.24, 2.45) is 0 Å². The van der Waals surface area contributed by atoms with Gasteiger partial charge in [0.05, 0.1) is 18.7 Å². The number of carbonyl (C=O) groups excluding carboxylic acids is 3. The summed E-state index contributed by atoms with van der Waals surface area (Å²) >= 11 is 0. The van der Waals surface area contributed by atoms with Crippen molar-refractivity contribution in [2.75, 3.05) is 20.7 Å². The summed E-state index contributed by atoms with van der Waals surface area (Å²) in [5.41, 5.74) is 1.33. The van der Waals surface area contributed by atoms with E-state index in [9.17, 15) is 14.4 Å². The van der Waals surface area contributed by atoms with E-state index in [0.717, 1.165) is 18.4 Å². The lowest BCUT2D eigenvalue weighted by Crippen LogP contribution is -2.48. The molecule has 1 rings (SSSR count). The van der Waals surface area contributed by atoms with Gasteiger partial charge in [0, 0.05) is 13.1 Å². The predicted molar refractivity (Wildman–Crippen MR) is 95.2 cm³/mol. The third-order valence-corrected chi connectivity index (χ3v) is 3.87. The summed E-state index contributed by atoms with van der Waals surface area (Å²) < 4.78 is 4.70. The number of benzene rings is 1. The van der Waals surface area contributed by atoms with Gasteiger partial charge in [0.2, 0.25) is 5.91 Å². The molecule has 138 valence electrons. The second-order valence-corrected chi connectivity index (χ2v) is 5.88. The lowest BCUT2D eigenvalue weighted by Gasteiger charge is -2.23. The Morgan fingerprint density at radius 3 is 2.64 bits per heavy atom. The molecule has 0 aliphatic heterocycles. The second-order valence-electron chi connectivity index (χ2n) is 5.88. The van der Waals surface area contributed by atoms with Crippen LogP contribution in [0.5, 0.6) is 0 Å². The van der Waals surface area contributed by atoms with Crippen molar-refractivity contribution in [2.45, 2.75) is 39.3 Å². The molecular formula is C18H27N3O4. The number of nitrogens with one attached hydrogen (secondary N) is 2. The summed E-state index contributed by atoms with van der Waals surface area (Å²) in [6.07, 6.45) is 1.84. The molecule has 0 aliphatic rings. The highest BCUT2D eigenvalue weighted by Crippen LogP contribution is 2.10. The van der Waals surface area contributed by atoms with Crippen molar-refractivity contribution in [3.63, 3.8) is 0 Å². The van der Waals surface area contributed by atoms with Crippen molar-refractivity contribution in [1.29, 1.82) is 0 Å². The Hall–Kier alpha value is -2.41. The van der Waals surface area contributed by atoms with Crippen molar-refractivity contribution >= 4 is 17.9 Å². The van der Waals surface area contributed by atoms with Crippen LogP contribution < -0.4 is 10.6 Å². The van der Waals surface area contributed by atoms with Crippen molar-refractivity contribution < 1.29 is 19.1 Å². The fourth-order valence-electron chi connectivity index (χ4n) is 2.18. The zero-order chi connectivity index (χ0) is 18.8. The number of nitrogens with zero attached hydrogens (tertiary/aromatic N) is 1. The molecule has 0 aromatic heterocycles. The number of unbranched alkanes of at least 4 members (excludes halogenated alkanes) is 1. The van der Waals surface area contributed by atoms with Gasteiger partial charge < -0.3 is 10.1 Å². The van der Waals surface area contributed by atoms with Crippen LogP contribution in [0.2, 0.25) is 0 Å². The van der Waals surface area contributed by atoms with Gasteiger partial charge >= 0.3 is 12.0 Å². The maximum Gasteiger partial charge on any atom is 0.337 e. The van der Waals surface area contributed by atoms with Crippen LogP contribution in [0.25, 0.3) is 0 Å². The van der Waals surface area contributed by atoms with Gasteiger partial charge in [-0.15, -0.1) is 0 Å². The molecule has 1 unspecified atom stereocenters. The molecule has 0 aliphatic carbocycles. The maximum atomic E-state index is 12.2. The second kappa shape index (κ2) is 10.5. The summed E-state index contributed by atoms with van der Waals surface area (Å²) in [7, 11) is 3.11. The Morgan fingerprint density at radius 1 is 1.28 bits per heavy atom. The zero-order valence-electron chi connectivity index (χ0n) is 15.3. The number of likely N-dealkylation sites (N-methyl/N-ethyl adjacent to an activating group) is 1. The molecule has 1 aromatic carbocycles. The van der Waals surface area contributed by atoms with Gasteiger partial charge in [0.1, 0.15) is 0 Å². The minimum absolute atomic E-state index is 0.374. The molecule has 0 radical (unpaired) electrons. The lowest BCUT2D eigenvalue weighted by molar-refractivity contribution is -0.124. The average molecular weight is 349 g/mol. The molecule has 0 bridgehead atoms. The van der Waals surface area contributed by atoms with Crippen LogP contribution >= 0.6 is 0 Å². The number of hydrogen-bond donors (Lipinski definition) is 2. The largest absolute Gasteiger partial charge is 0.465 e. The first-order valence-corrected chi connectivity index (χ1v) is 8.35. The fourth-order valence-corrected chi connectivity index (χ4v) is 2.18. The number of ether oxygens (including phenoxy) is 1. The summed E-state index contributed by atoms with van der Waals surface area (Å²) in [5.74, 6) is -0.778. The maximum absolute atomic E-state index is 12.2. The average Bonchev–Trinajstić information content (AvgIpc) is 2.60. The molecule has 7 heteroatoms. The highest BCUT2D eigenvalue weighted by Gasteiger charge is 2.20. The first-order chi connectivity index (χ1) is 11.9. The van der Waals surface area contributed by atoms with Gasteiger partial charge in [0.15, 0.2) is 0 Å². The standard InChI is InChI=1S/C18H27N3O4/c1-5-6-10-19-18(24)20-16(22)13(2)21(3)12-14-8-7-9-15(11-14)17(23)25-4/h7-9,11,13H,5-6,10,12H2,1-4H3,(H2,19,20,22,24). The quantitative estimate of drug-likeness (QED) is 0.553. The Bertz CT molecular complexity index is 604. The van der Waals surface area contributed by atoms with E-state index < -0.39 is 18.0 Å². The molecule has 0 saturated heterocycles.